The maximum atomic E-state index is 2.24. The Morgan fingerprint density at radius 2 is 1.59 bits per heavy atom. The normalized spacial score (nSPS) is 10.4. The second-order valence-corrected chi connectivity index (χ2v) is 4.62. The first-order valence-electron chi connectivity index (χ1n) is 5.96. The summed E-state index contributed by atoms with van der Waals surface area (Å²) in [5, 5.41) is 1.30. The Bertz CT molecular complexity index is 604. The topological polar surface area (TPSA) is 4.93 Å². The van der Waals surface area contributed by atoms with Crippen LogP contribution >= 0.6 is 0 Å². The van der Waals surface area contributed by atoms with E-state index in [1.807, 2.05) is 0 Å². The summed E-state index contributed by atoms with van der Waals surface area (Å²) in [4.78, 5) is 0. The Morgan fingerprint density at radius 1 is 0.882 bits per heavy atom. The summed E-state index contributed by atoms with van der Waals surface area (Å²) in [5.74, 6) is 0. The second-order valence-electron chi connectivity index (χ2n) is 4.62. The van der Waals surface area contributed by atoms with Crippen LogP contribution in [-0.4, -0.2) is 4.57 Å². The summed E-state index contributed by atoms with van der Waals surface area (Å²) in [7, 11) is 2.12. The molecular formula is C16H19N. The van der Waals surface area contributed by atoms with Gasteiger partial charge in [-0.15, -0.1) is 0 Å². The van der Waals surface area contributed by atoms with E-state index >= 15 is 0 Å². The molecule has 0 unspecified atom stereocenters. The second kappa shape index (κ2) is 4.62. The number of fused-ring (bicyclic) bond motifs is 1. The maximum Gasteiger partial charge on any atom is 0.0481 e. The first-order valence-corrected chi connectivity index (χ1v) is 5.96. The molecule has 0 bridgehead atoms. The van der Waals surface area contributed by atoms with Gasteiger partial charge in [-0.05, 0) is 38.5 Å². The Balaban J connectivity index is 3.06. The molecule has 0 atom stereocenters. The molecule has 1 aromatic carbocycles. The van der Waals surface area contributed by atoms with Gasteiger partial charge in [0, 0.05) is 23.6 Å². The largest absolute Gasteiger partial charge is 0.348 e. The van der Waals surface area contributed by atoms with Gasteiger partial charge in [-0.1, -0.05) is 35.9 Å². The number of aromatic nitrogens is 1. The Morgan fingerprint density at radius 3 is 2.35 bits per heavy atom. The highest BCUT2D eigenvalue weighted by atomic mass is 14.9. The molecule has 17 heavy (non-hydrogen) atoms. The Hall–Kier alpha value is -1.76. The van der Waals surface area contributed by atoms with E-state index in [0.29, 0.717) is 0 Å². The average Bonchev–Trinajstić information content (AvgIpc) is 2.37. The molecule has 0 radical (unpaired) electrons. The van der Waals surface area contributed by atoms with Crippen molar-refractivity contribution in [2.45, 2.75) is 20.8 Å². The van der Waals surface area contributed by atoms with Gasteiger partial charge in [0.25, 0.3) is 0 Å². The summed E-state index contributed by atoms with van der Waals surface area (Å²) in [6.07, 6.45) is 0. The number of hydrogen-bond donors (Lipinski definition) is 0. The predicted octanol–water partition coefficient (Wildman–Crippen LogP) is 4.23. The van der Waals surface area contributed by atoms with E-state index in [1.54, 1.807) is 0 Å². The molecular weight excluding hydrogens is 206 g/mol. The van der Waals surface area contributed by atoms with Crippen molar-refractivity contribution in [3.63, 3.8) is 0 Å². The summed E-state index contributed by atoms with van der Waals surface area (Å²) in [6, 6.07) is 15.1. The van der Waals surface area contributed by atoms with Gasteiger partial charge in [0.2, 0.25) is 0 Å². The van der Waals surface area contributed by atoms with Crippen molar-refractivity contribution in [1.82, 2.24) is 4.57 Å². The number of nitrogens with zero attached hydrogens (tertiary/aromatic N) is 1. The highest BCUT2D eigenvalue weighted by molar-refractivity contribution is 5.81. The highest BCUT2D eigenvalue weighted by Gasteiger charge is 1.97. The van der Waals surface area contributed by atoms with Crippen LogP contribution in [0.5, 0.6) is 0 Å². The van der Waals surface area contributed by atoms with Crippen molar-refractivity contribution in [1.29, 1.82) is 0 Å². The molecule has 0 amide bonds. The fraction of sp³-hybridized carbons (Fsp3) is 0.250. The van der Waals surface area contributed by atoms with Crippen LogP contribution in [-0.2, 0) is 7.05 Å². The molecule has 0 aliphatic rings. The standard InChI is InChI=1S/C16H19N/c1-12-9-10-14(3)17(4)16-8-6-5-7-15(16)13(2)11-12/h5-11H,1-4H3. The van der Waals surface area contributed by atoms with Crippen LogP contribution in [0.25, 0.3) is 10.9 Å². The van der Waals surface area contributed by atoms with Gasteiger partial charge in [-0.3, -0.25) is 0 Å². The lowest BCUT2D eigenvalue weighted by molar-refractivity contribution is 0.905. The van der Waals surface area contributed by atoms with Crippen LogP contribution in [0.15, 0.2) is 42.5 Å². The summed E-state index contributed by atoms with van der Waals surface area (Å²) in [6.45, 7) is 6.45. The van der Waals surface area contributed by atoms with Gasteiger partial charge in [-0.25, -0.2) is 0 Å². The van der Waals surface area contributed by atoms with Crippen LogP contribution in [0.4, 0.5) is 0 Å². The molecule has 0 aliphatic heterocycles. The fourth-order valence-corrected chi connectivity index (χ4v) is 2.12. The van der Waals surface area contributed by atoms with Crippen molar-refractivity contribution in [3.05, 3.63) is 59.3 Å². The van der Waals surface area contributed by atoms with Crippen molar-refractivity contribution < 1.29 is 0 Å². The molecule has 1 aromatic heterocycles. The monoisotopic (exact) mass is 225 g/mol. The summed E-state index contributed by atoms with van der Waals surface area (Å²) >= 11 is 0. The maximum absolute atomic E-state index is 2.24. The minimum absolute atomic E-state index is 1.25. The Kier molecular flexibility index (Phi) is 3.19. The van der Waals surface area contributed by atoms with Gasteiger partial charge in [0.1, 0.15) is 0 Å². The van der Waals surface area contributed by atoms with Crippen LogP contribution in [0.1, 0.15) is 16.8 Å². The molecule has 0 aliphatic carbocycles. The molecule has 0 spiro atoms. The Labute approximate surface area is 103 Å². The molecule has 0 fully saturated rings. The number of rotatable bonds is 0. The molecule has 88 valence electrons. The summed E-state index contributed by atoms with van der Waals surface area (Å²) < 4.78 is 2.24. The van der Waals surface area contributed by atoms with Gasteiger partial charge in [0.15, 0.2) is 0 Å². The molecule has 1 heteroatoms. The fourth-order valence-electron chi connectivity index (χ4n) is 2.12. The minimum atomic E-state index is 1.25. The third-order valence-corrected chi connectivity index (χ3v) is 3.25. The van der Waals surface area contributed by atoms with Crippen molar-refractivity contribution >= 4 is 10.9 Å². The number of hydrogen-bond acceptors (Lipinski definition) is 0. The van der Waals surface area contributed by atoms with E-state index in [2.05, 4.69) is 74.9 Å². The lowest BCUT2D eigenvalue weighted by atomic mass is 10.1. The lowest BCUT2D eigenvalue weighted by Gasteiger charge is -2.06. The van der Waals surface area contributed by atoms with Crippen molar-refractivity contribution in [2.75, 3.05) is 0 Å². The molecule has 0 saturated carbocycles. The molecule has 0 saturated heterocycles. The van der Waals surface area contributed by atoms with Gasteiger partial charge < -0.3 is 4.57 Å². The van der Waals surface area contributed by atoms with Crippen LogP contribution in [0.3, 0.4) is 0 Å². The van der Waals surface area contributed by atoms with Crippen molar-refractivity contribution in [2.24, 2.45) is 7.05 Å². The quantitative estimate of drug-likeness (QED) is 0.632. The van der Waals surface area contributed by atoms with Gasteiger partial charge in [0.05, 0.1) is 0 Å². The highest BCUT2D eigenvalue weighted by Crippen LogP contribution is 2.16. The molecule has 2 rings (SSSR count). The first kappa shape index (κ1) is 11.7. The number of para-hydroxylation sites is 1. The van der Waals surface area contributed by atoms with E-state index in [1.165, 1.54) is 27.7 Å². The van der Waals surface area contributed by atoms with E-state index in [-0.39, 0.29) is 0 Å². The summed E-state index contributed by atoms with van der Waals surface area (Å²) in [5.41, 5.74) is 5.11. The molecule has 1 nitrogen and oxygen atoms in total. The molecule has 1 heterocycles. The van der Waals surface area contributed by atoms with E-state index in [4.69, 9.17) is 0 Å². The molecule has 0 N–H and O–H groups in total. The van der Waals surface area contributed by atoms with E-state index < -0.39 is 0 Å². The van der Waals surface area contributed by atoms with E-state index in [0.717, 1.165) is 0 Å². The first-order chi connectivity index (χ1) is 8.09. The average molecular weight is 225 g/mol. The SMILES string of the molecule is Cc1ccc(C)n(C)c2ccccc2c(C)c1. The van der Waals surface area contributed by atoms with Crippen molar-refractivity contribution in [3.8, 4) is 0 Å². The smallest absolute Gasteiger partial charge is 0.0481 e. The lowest BCUT2D eigenvalue weighted by Crippen LogP contribution is -1.94. The predicted molar refractivity (Wildman–Crippen MR) is 74.8 cm³/mol. The van der Waals surface area contributed by atoms with E-state index in [9.17, 15) is 0 Å². The zero-order valence-corrected chi connectivity index (χ0v) is 11.0. The van der Waals surface area contributed by atoms with Crippen LogP contribution in [0.2, 0.25) is 0 Å². The zero-order chi connectivity index (χ0) is 12.4. The van der Waals surface area contributed by atoms with Gasteiger partial charge in [-0.2, -0.15) is 0 Å². The van der Waals surface area contributed by atoms with Crippen LogP contribution in [0, 0.1) is 20.8 Å². The minimum Gasteiger partial charge on any atom is -0.348 e. The van der Waals surface area contributed by atoms with Gasteiger partial charge >= 0.3 is 0 Å². The number of aryl methyl sites for hydroxylation is 4. The van der Waals surface area contributed by atoms with Crippen LogP contribution < -0.4 is 0 Å². The third kappa shape index (κ3) is 2.33. The number of benzene rings is 1. The zero-order valence-electron chi connectivity index (χ0n) is 11.0. The molecule has 2 aromatic rings. The third-order valence-electron chi connectivity index (χ3n) is 3.25.